The second-order valence-corrected chi connectivity index (χ2v) is 8.84. The predicted octanol–water partition coefficient (Wildman–Crippen LogP) is 2.52. The molecule has 2 rings (SSSR count). The summed E-state index contributed by atoms with van der Waals surface area (Å²) in [5.74, 6) is 1.49. The standard InChI is InChI=1S/C19H30N2O4S.ClH/c1-3-20-15-16-10-12-21(13-11-16)19(22)5-4-14-25-17-6-8-18(9-7-17)26(2,23)24;/h6-9,16,20H,3-5,10-15H2,1-2H3;1H. The van der Waals surface area contributed by atoms with E-state index in [4.69, 9.17) is 4.74 Å². The van der Waals surface area contributed by atoms with E-state index in [0.29, 0.717) is 31.1 Å². The van der Waals surface area contributed by atoms with Crippen LogP contribution in [0.4, 0.5) is 0 Å². The Bertz CT molecular complexity index is 671. The summed E-state index contributed by atoms with van der Waals surface area (Å²) in [6.45, 7) is 6.30. The summed E-state index contributed by atoms with van der Waals surface area (Å²) in [6, 6.07) is 6.36. The van der Waals surface area contributed by atoms with Gasteiger partial charge in [-0.1, -0.05) is 6.92 Å². The van der Waals surface area contributed by atoms with Gasteiger partial charge in [0.15, 0.2) is 9.84 Å². The molecule has 1 amide bonds. The van der Waals surface area contributed by atoms with Gasteiger partial charge in [-0.15, -0.1) is 12.4 Å². The van der Waals surface area contributed by atoms with Crippen LogP contribution in [-0.2, 0) is 14.6 Å². The van der Waals surface area contributed by atoms with E-state index in [0.717, 1.165) is 39.0 Å². The number of rotatable bonds is 9. The van der Waals surface area contributed by atoms with Gasteiger partial charge in [0.2, 0.25) is 5.91 Å². The maximum atomic E-state index is 12.3. The van der Waals surface area contributed by atoms with E-state index in [-0.39, 0.29) is 23.2 Å². The molecule has 0 unspecified atom stereocenters. The van der Waals surface area contributed by atoms with Crippen LogP contribution >= 0.6 is 12.4 Å². The summed E-state index contributed by atoms with van der Waals surface area (Å²) in [5.41, 5.74) is 0. The second-order valence-electron chi connectivity index (χ2n) is 6.83. The first kappa shape index (κ1) is 23.7. The van der Waals surface area contributed by atoms with Crippen LogP contribution in [0, 0.1) is 5.92 Å². The highest BCUT2D eigenvalue weighted by molar-refractivity contribution is 7.90. The average molecular weight is 419 g/mol. The largest absolute Gasteiger partial charge is 0.494 e. The fourth-order valence-corrected chi connectivity index (χ4v) is 3.72. The van der Waals surface area contributed by atoms with Gasteiger partial charge in [0, 0.05) is 25.8 Å². The summed E-state index contributed by atoms with van der Waals surface area (Å²) in [7, 11) is -3.19. The highest BCUT2D eigenvalue weighted by Gasteiger charge is 2.22. The molecule has 1 aromatic rings. The van der Waals surface area contributed by atoms with E-state index in [9.17, 15) is 13.2 Å². The molecule has 1 aromatic carbocycles. The maximum absolute atomic E-state index is 12.3. The number of nitrogens with one attached hydrogen (secondary N) is 1. The zero-order valence-corrected chi connectivity index (χ0v) is 17.8. The Morgan fingerprint density at radius 2 is 1.85 bits per heavy atom. The molecule has 1 aliphatic rings. The number of likely N-dealkylation sites (tertiary alicyclic amines) is 1. The monoisotopic (exact) mass is 418 g/mol. The van der Waals surface area contributed by atoms with Crippen LogP contribution in [0.15, 0.2) is 29.2 Å². The number of ether oxygens (including phenoxy) is 1. The summed E-state index contributed by atoms with van der Waals surface area (Å²) in [6.07, 6.45) is 4.46. The van der Waals surface area contributed by atoms with Crippen LogP contribution in [-0.4, -0.2) is 58.3 Å². The van der Waals surface area contributed by atoms with Crippen molar-refractivity contribution in [2.24, 2.45) is 5.92 Å². The van der Waals surface area contributed by atoms with Crippen LogP contribution < -0.4 is 10.1 Å². The zero-order valence-electron chi connectivity index (χ0n) is 16.1. The van der Waals surface area contributed by atoms with E-state index >= 15 is 0 Å². The van der Waals surface area contributed by atoms with Crippen molar-refractivity contribution >= 4 is 28.2 Å². The molecule has 1 fully saturated rings. The van der Waals surface area contributed by atoms with Crippen LogP contribution in [0.2, 0.25) is 0 Å². The number of hydrogen-bond acceptors (Lipinski definition) is 5. The van der Waals surface area contributed by atoms with Gasteiger partial charge in [-0.05, 0) is 62.5 Å². The molecule has 154 valence electrons. The fourth-order valence-electron chi connectivity index (χ4n) is 3.09. The Balaban J connectivity index is 0.00000364. The lowest BCUT2D eigenvalue weighted by atomic mass is 9.96. The molecular weight excluding hydrogens is 388 g/mol. The maximum Gasteiger partial charge on any atom is 0.222 e. The van der Waals surface area contributed by atoms with Crippen LogP contribution in [0.5, 0.6) is 5.75 Å². The van der Waals surface area contributed by atoms with Crippen LogP contribution in [0.3, 0.4) is 0 Å². The molecule has 0 spiro atoms. The van der Waals surface area contributed by atoms with Crippen molar-refractivity contribution in [2.75, 3.05) is 39.0 Å². The lowest BCUT2D eigenvalue weighted by Crippen LogP contribution is -2.40. The minimum absolute atomic E-state index is 0. The van der Waals surface area contributed by atoms with Crippen molar-refractivity contribution in [2.45, 2.75) is 37.5 Å². The van der Waals surface area contributed by atoms with Crippen LogP contribution in [0.25, 0.3) is 0 Å². The van der Waals surface area contributed by atoms with E-state index in [1.807, 2.05) is 4.90 Å². The number of halogens is 1. The van der Waals surface area contributed by atoms with E-state index in [2.05, 4.69) is 12.2 Å². The van der Waals surface area contributed by atoms with Crippen molar-refractivity contribution in [1.82, 2.24) is 10.2 Å². The number of piperidine rings is 1. The summed E-state index contributed by atoms with van der Waals surface area (Å²) < 4.78 is 28.4. The molecule has 1 aliphatic heterocycles. The first-order valence-electron chi connectivity index (χ1n) is 9.31. The summed E-state index contributed by atoms with van der Waals surface area (Å²) in [4.78, 5) is 14.5. The third kappa shape index (κ3) is 8.07. The molecular formula is C19H31ClN2O4S. The molecule has 27 heavy (non-hydrogen) atoms. The first-order chi connectivity index (χ1) is 12.4. The zero-order chi connectivity index (χ0) is 19.0. The van der Waals surface area contributed by atoms with Gasteiger partial charge < -0.3 is 15.0 Å². The molecule has 0 atom stereocenters. The van der Waals surface area contributed by atoms with E-state index in [1.165, 1.54) is 18.4 Å². The van der Waals surface area contributed by atoms with Gasteiger partial charge in [0.05, 0.1) is 11.5 Å². The SMILES string of the molecule is CCNCC1CCN(C(=O)CCCOc2ccc(S(C)(=O)=O)cc2)CC1.Cl. The van der Waals surface area contributed by atoms with Crippen molar-refractivity contribution in [1.29, 1.82) is 0 Å². The molecule has 0 radical (unpaired) electrons. The number of carbonyl (C=O) groups excluding carboxylic acids is 1. The summed E-state index contributed by atoms with van der Waals surface area (Å²) in [5, 5.41) is 3.38. The summed E-state index contributed by atoms with van der Waals surface area (Å²) >= 11 is 0. The molecule has 0 bridgehead atoms. The molecule has 1 saturated heterocycles. The minimum atomic E-state index is -3.19. The van der Waals surface area contributed by atoms with E-state index < -0.39 is 9.84 Å². The average Bonchev–Trinajstić information content (AvgIpc) is 2.63. The van der Waals surface area contributed by atoms with Gasteiger partial charge in [-0.2, -0.15) is 0 Å². The molecule has 6 nitrogen and oxygen atoms in total. The number of hydrogen-bond donors (Lipinski definition) is 1. The highest BCUT2D eigenvalue weighted by atomic mass is 35.5. The Morgan fingerprint density at radius 1 is 1.22 bits per heavy atom. The fraction of sp³-hybridized carbons (Fsp3) is 0.632. The molecule has 0 saturated carbocycles. The van der Waals surface area contributed by atoms with Crippen molar-refractivity contribution in [3.05, 3.63) is 24.3 Å². The molecule has 8 heteroatoms. The van der Waals surface area contributed by atoms with Crippen LogP contribution in [0.1, 0.15) is 32.6 Å². The van der Waals surface area contributed by atoms with Gasteiger partial charge in [-0.3, -0.25) is 4.79 Å². The molecule has 0 aliphatic carbocycles. The lowest BCUT2D eigenvalue weighted by Gasteiger charge is -2.32. The smallest absolute Gasteiger partial charge is 0.222 e. The number of carbonyl (C=O) groups is 1. The third-order valence-electron chi connectivity index (χ3n) is 4.71. The lowest BCUT2D eigenvalue weighted by molar-refractivity contribution is -0.132. The van der Waals surface area contributed by atoms with Crippen molar-refractivity contribution < 1.29 is 17.9 Å². The van der Waals surface area contributed by atoms with Gasteiger partial charge in [0.1, 0.15) is 5.75 Å². The van der Waals surface area contributed by atoms with Crippen molar-refractivity contribution in [3.63, 3.8) is 0 Å². The third-order valence-corrected chi connectivity index (χ3v) is 5.83. The normalized spacial score (nSPS) is 15.3. The first-order valence-corrected chi connectivity index (χ1v) is 11.2. The molecule has 0 aromatic heterocycles. The molecule has 1 heterocycles. The minimum Gasteiger partial charge on any atom is -0.494 e. The number of benzene rings is 1. The van der Waals surface area contributed by atoms with Gasteiger partial charge in [0.25, 0.3) is 0 Å². The van der Waals surface area contributed by atoms with Gasteiger partial charge >= 0.3 is 0 Å². The predicted molar refractivity (Wildman–Crippen MR) is 109 cm³/mol. The Hall–Kier alpha value is -1.31. The number of sulfone groups is 1. The van der Waals surface area contributed by atoms with E-state index in [1.54, 1.807) is 12.1 Å². The Morgan fingerprint density at radius 3 is 2.41 bits per heavy atom. The Kier molecular flexibility index (Phi) is 10.1. The Labute approximate surface area is 169 Å². The molecule has 1 N–H and O–H groups in total. The second kappa shape index (κ2) is 11.5. The highest BCUT2D eigenvalue weighted by Crippen LogP contribution is 2.18. The van der Waals surface area contributed by atoms with Crippen molar-refractivity contribution in [3.8, 4) is 5.75 Å². The van der Waals surface area contributed by atoms with Gasteiger partial charge in [-0.25, -0.2) is 8.42 Å². The number of nitrogens with zero attached hydrogens (tertiary/aromatic N) is 1. The quantitative estimate of drug-likeness (QED) is 0.623. The topological polar surface area (TPSA) is 75.7 Å². The number of amides is 1.